The molecule has 0 atom stereocenters. The van der Waals surface area contributed by atoms with Crippen LogP contribution in [0, 0.1) is 5.92 Å². The molecule has 2 aromatic carbocycles. The van der Waals surface area contributed by atoms with Crippen LogP contribution in [0.5, 0.6) is 0 Å². The first-order chi connectivity index (χ1) is 12.8. The van der Waals surface area contributed by atoms with Crippen molar-refractivity contribution in [1.29, 1.82) is 0 Å². The number of alkyl halides is 3. The summed E-state index contributed by atoms with van der Waals surface area (Å²) in [6.45, 7) is 0. The molecule has 1 aliphatic carbocycles. The van der Waals surface area contributed by atoms with Crippen LogP contribution >= 0.6 is 0 Å². The number of amides is 1. The zero-order chi connectivity index (χ0) is 19.4. The second kappa shape index (κ2) is 7.94. The van der Waals surface area contributed by atoms with E-state index in [4.69, 9.17) is 0 Å². The van der Waals surface area contributed by atoms with Crippen LogP contribution in [0.1, 0.15) is 47.2 Å². The Balaban J connectivity index is 1.76. The predicted octanol–water partition coefficient (Wildman–Crippen LogP) is 5.26. The van der Waals surface area contributed by atoms with Crippen LogP contribution in [0.15, 0.2) is 48.5 Å². The third kappa shape index (κ3) is 4.76. The highest BCUT2D eigenvalue weighted by molar-refractivity contribution is 6.06. The monoisotopic (exact) mass is 375 g/mol. The average Bonchev–Trinajstić information content (AvgIpc) is 3.16. The van der Waals surface area contributed by atoms with Gasteiger partial charge >= 0.3 is 6.18 Å². The third-order valence-electron chi connectivity index (χ3n) is 4.83. The van der Waals surface area contributed by atoms with Crippen LogP contribution in [-0.4, -0.2) is 11.7 Å². The van der Waals surface area contributed by atoms with Crippen molar-refractivity contribution in [3.05, 3.63) is 65.2 Å². The van der Waals surface area contributed by atoms with Gasteiger partial charge in [0.25, 0.3) is 0 Å². The molecule has 1 N–H and O–H groups in total. The molecule has 0 aromatic heterocycles. The second-order valence-corrected chi connectivity index (χ2v) is 6.81. The van der Waals surface area contributed by atoms with E-state index in [1.807, 2.05) is 0 Å². The number of nitrogens with one attached hydrogen (secondary N) is 1. The molecule has 1 amide bonds. The summed E-state index contributed by atoms with van der Waals surface area (Å²) in [6, 6.07) is 11.4. The summed E-state index contributed by atoms with van der Waals surface area (Å²) >= 11 is 0. The lowest BCUT2D eigenvalue weighted by Crippen LogP contribution is -2.22. The maximum absolute atomic E-state index is 12.9. The number of anilines is 1. The van der Waals surface area contributed by atoms with Crippen molar-refractivity contribution in [3.8, 4) is 0 Å². The van der Waals surface area contributed by atoms with Gasteiger partial charge in [-0.1, -0.05) is 43.2 Å². The molecule has 3 nitrogen and oxygen atoms in total. The van der Waals surface area contributed by atoms with Gasteiger partial charge in [0.05, 0.1) is 11.3 Å². The molecule has 0 aliphatic heterocycles. The van der Waals surface area contributed by atoms with Crippen LogP contribution in [0.4, 0.5) is 18.9 Å². The van der Waals surface area contributed by atoms with Gasteiger partial charge in [0, 0.05) is 17.9 Å². The highest BCUT2D eigenvalue weighted by Crippen LogP contribution is 2.30. The fraction of sp³-hybridized carbons (Fsp3) is 0.333. The van der Waals surface area contributed by atoms with E-state index in [1.165, 1.54) is 12.1 Å². The number of hydrogen-bond acceptors (Lipinski definition) is 2. The first-order valence-electron chi connectivity index (χ1n) is 8.94. The molecule has 0 bridgehead atoms. The number of ketones is 1. The van der Waals surface area contributed by atoms with Crippen molar-refractivity contribution in [3.63, 3.8) is 0 Å². The lowest BCUT2D eigenvalue weighted by Gasteiger charge is -2.14. The summed E-state index contributed by atoms with van der Waals surface area (Å²) in [4.78, 5) is 25.0. The standard InChI is InChI=1S/C21H20F3NO2/c22-21(23,24)16-9-5-6-14(12-16)13-19(26)17-10-3-4-11-18(17)25-20(27)15-7-1-2-8-15/h3-6,9-12,15H,1-2,7-8,13H2,(H,25,27). The zero-order valence-electron chi connectivity index (χ0n) is 14.7. The summed E-state index contributed by atoms with van der Waals surface area (Å²) < 4.78 is 38.6. The number of rotatable bonds is 5. The molecule has 6 heteroatoms. The number of para-hydroxylation sites is 1. The quantitative estimate of drug-likeness (QED) is 0.725. The summed E-state index contributed by atoms with van der Waals surface area (Å²) in [6.07, 6.45) is -0.896. The van der Waals surface area contributed by atoms with Gasteiger partial charge in [0.15, 0.2) is 5.78 Å². The first kappa shape index (κ1) is 19.1. The number of halogens is 3. The smallest absolute Gasteiger partial charge is 0.325 e. The molecule has 3 rings (SSSR count). The number of carbonyl (C=O) groups excluding carboxylic acids is 2. The molecule has 0 unspecified atom stereocenters. The number of benzene rings is 2. The number of Topliss-reactive ketones (excluding diaryl/α,β-unsaturated/α-hetero) is 1. The van der Waals surface area contributed by atoms with Gasteiger partial charge in [-0.15, -0.1) is 0 Å². The van der Waals surface area contributed by atoms with E-state index in [-0.39, 0.29) is 29.6 Å². The largest absolute Gasteiger partial charge is 0.416 e. The summed E-state index contributed by atoms with van der Waals surface area (Å²) in [7, 11) is 0. The lowest BCUT2D eigenvalue weighted by molar-refractivity contribution is -0.137. The first-order valence-corrected chi connectivity index (χ1v) is 8.94. The van der Waals surface area contributed by atoms with E-state index < -0.39 is 11.7 Å². The van der Waals surface area contributed by atoms with Crippen LogP contribution in [-0.2, 0) is 17.4 Å². The van der Waals surface area contributed by atoms with Crippen LogP contribution in [0.25, 0.3) is 0 Å². The Morgan fingerprint density at radius 3 is 2.41 bits per heavy atom. The van der Waals surface area contributed by atoms with Gasteiger partial charge in [0.1, 0.15) is 0 Å². The molecule has 0 saturated heterocycles. The van der Waals surface area contributed by atoms with Crippen LogP contribution < -0.4 is 5.32 Å². The summed E-state index contributed by atoms with van der Waals surface area (Å²) in [5, 5.41) is 2.82. The van der Waals surface area contributed by atoms with E-state index >= 15 is 0 Å². The van der Waals surface area contributed by atoms with Crippen molar-refractivity contribution in [2.24, 2.45) is 5.92 Å². The summed E-state index contributed by atoms with van der Waals surface area (Å²) in [5.41, 5.74) is 0.218. The molecule has 0 heterocycles. The molecular weight excluding hydrogens is 355 g/mol. The van der Waals surface area contributed by atoms with Gasteiger partial charge < -0.3 is 5.32 Å². The molecule has 0 radical (unpaired) electrons. The number of carbonyl (C=O) groups is 2. The second-order valence-electron chi connectivity index (χ2n) is 6.81. The molecular formula is C21H20F3NO2. The van der Waals surface area contributed by atoms with Gasteiger partial charge in [-0.25, -0.2) is 0 Å². The fourth-order valence-electron chi connectivity index (χ4n) is 3.40. The van der Waals surface area contributed by atoms with Crippen molar-refractivity contribution in [2.75, 3.05) is 5.32 Å². The highest BCUT2D eigenvalue weighted by Gasteiger charge is 2.30. The van der Waals surface area contributed by atoms with Crippen molar-refractivity contribution < 1.29 is 22.8 Å². The third-order valence-corrected chi connectivity index (χ3v) is 4.83. The van der Waals surface area contributed by atoms with Gasteiger partial charge in [-0.3, -0.25) is 9.59 Å². The molecule has 142 valence electrons. The number of hydrogen-bond donors (Lipinski definition) is 1. The fourth-order valence-corrected chi connectivity index (χ4v) is 3.40. The maximum Gasteiger partial charge on any atom is 0.416 e. The Bertz CT molecular complexity index is 839. The molecule has 1 aliphatic rings. The minimum atomic E-state index is -4.45. The lowest BCUT2D eigenvalue weighted by atomic mass is 9.99. The van der Waals surface area contributed by atoms with Gasteiger partial charge in [-0.05, 0) is 36.6 Å². The summed E-state index contributed by atoms with van der Waals surface area (Å²) in [5.74, 6) is -0.486. The minimum absolute atomic E-state index is 0.0448. The molecule has 1 fully saturated rings. The Morgan fingerprint density at radius 1 is 1.00 bits per heavy atom. The van der Waals surface area contributed by atoms with Crippen LogP contribution in [0.3, 0.4) is 0 Å². The maximum atomic E-state index is 12.9. The average molecular weight is 375 g/mol. The Labute approximate surface area is 155 Å². The predicted molar refractivity (Wildman–Crippen MR) is 96.5 cm³/mol. The minimum Gasteiger partial charge on any atom is -0.325 e. The van der Waals surface area contributed by atoms with E-state index in [1.54, 1.807) is 24.3 Å². The van der Waals surface area contributed by atoms with E-state index in [2.05, 4.69) is 5.32 Å². The van der Waals surface area contributed by atoms with Crippen LogP contribution in [0.2, 0.25) is 0 Å². The zero-order valence-corrected chi connectivity index (χ0v) is 14.7. The topological polar surface area (TPSA) is 46.2 Å². The Hall–Kier alpha value is -2.63. The SMILES string of the molecule is O=C(Cc1cccc(C(F)(F)F)c1)c1ccccc1NC(=O)C1CCCC1. The Kier molecular flexibility index (Phi) is 5.63. The van der Waals surface area contributed by atoms with E-state index in [0.717, 1.165) is 37.8 Å². The van der Waals surface area contributed by atoms with Crippen molar-refractivity contribution in [1.82, 2.24) is 0 Å². The van der Waals surface area contributed by atoms with Gasteiger partial charge in [-0.2, -0.15) is 13.2 Å². The normalized spacial score (nSPS) is 14.9. The van der Waals surface area contributed by atoms with Gasteiger partial charge in [0.2, 0.25) is 5.91 Å². The van der Waals surface area contributed by atoms with E-state index in [0.29, 0.717) is 11.3 Å². The highest BCUT2D eigenvalue weighted by atomic mass is 19.4. The molecule has 0 spiro atoms. The van der Waals surface area contributed by atoms with Crippen molar-refractivity contribution in [2.45, 2.75) is 38.3 Å². The molecule has 1 saturated carbocycles. The molecule has 27 heavy (non-hydrogen) atoms. The Morgan fingerprint density at radius 2 is 1.70 bits per heavy atom. The van der Waals surface area contributed by atoms with Crippen molar-refractivity contribution >= 4 is 17.4 Å². The van der Waals surface area contributed by atoms with E-state index in [9.17, 15) is 22.8 Å². The molecule has 2 aromatic rings.